The van der Waals surface area contributed by atoms with Crippen molar-refractivity contribution in [3.8, 4) is 0 Å². The topological polar surface area (TPSA) is 114 Å². The summed E-state index contributed by atoms with van der Waals surface area (Å²) in [7, 11) is 0. The molecule has 0 spiro atoms. The lowest BCUT2D eigenvalue weighted by molar-refractivity contribution is 0.0207. The van der Waals surface area contributed by atoms with Gasteiger partial charge in [-0.2, -0.15) is 0 Å². The van der Waals surface area contributed by atoms with Gasteiger partial charge in [0.2, 0.25) is 11.6 Å². The minimum absolute atomic E-state index is 0.00410. The molecule has 1 unspecified atom stereocenters. The van der Waals surface area contributed by atoms with E-state index in [0.717, 1.165) is 6.07 Å². The number of benzene rings is 3. The third-order valence-electron chi connectivity index (χ3n) is 5.39. The van der Waals surface area contributed by atoms with E-state index >= 15 is 0 Å². The summed E-state index contributed by atoms with van der Waals surface area (Å²) in [5.41, 5.74) is 1.52. The average Bonchev–Trinajstić information content (AvgIpc) is 3.31. The molecule has 9 heteroatoms. The second-order valence-corrected chi connectivity index (χ2v) is 7.85. The van der Waals surface area contributed by atoms with Gasteiger partial charge in [0.15, 0.2) is 0 Å². The highest BCUT2D eigenvalue weighted by Gasteiger charge is 2.29. The number of aliphatic hydroxyl groups excluding tert-OH is 1. The summed E-state index contributed by atoms with van der Waals surface area (Å²) in [4.78, 5) is 38.6. The van der Waals surface area contributed by atoms with E-state index in [1.807, 2.05) is 0 Å². The minimum atomic E-state index is -1.23. The molecule has 4 rings (SSSR count). The van der Waals surface area contributed by atoms with Gasteiger partial charge in [-0.15, -0.1) is 0 Å². The van der Waals surface area contributed by atoms with Crippen molar-refractivity contribution in [2.75, 3.05) is 23.8 Å². The lowest BCUT2D eigenvalue weighted by atomic mass is 9.94. The Morgan fingerprint density at radius 2 is 1.47 bits per heavy atom. The molecule has 3 aromatic rings. The molecular formula is C27H23FN2O6. The molecular weight excluding hydrogens is 467 g/mol. The van der Waals surface area contributed by atoms with E-state index in [-0.39, 0.29) is 35.7 Å². The summed E-state index contributed by atoms with van der Waals surface area (Å²) in [5.74, 6) is -1.78. The highest BCUT2D eigenvalue weighted by molar-refractivity contribution is 6.32. The van der Waals surface area contributed by atoms with Crippen molar-refractivity contribution in [2.24, 2.45) is 0 Å². The molecule has 3 aromatic carbocycles. The molecule has 3 N–H and O–H groups in total. The van der Waals surface area contributed by atoms with Gasteiger partial charge in [-0.05, 0) is 42.8 Å². The number of Topliss-reactive ketones (excluding diaryl/α,β-unsaturated/α-hetero) is 2. The number of para-hydroxylation sites is 2. The van der Waals surface area contributed by atoms with Gasteiger partial charge in [0.1, 0.15) is 29.9 Å². The summed E-state index contributed by atoms with van der Waals surface area (Å²) in [6.07, 6.45) is -2.15. The second kappa shape index (κ2) is 10.8. The van der Waals surface area contributed by atoms with Crippen molar-refractivity contribution in [3.63, 3.8) is 0 Å². The number of allylic oxidation sites excluding steroid dienone is 1. The second-order valence-electron chi connectivity index (χ2n) is 7.85. The highest BCUT2D eigenvalue weighted by Crippen LogP contribution is 2.33. The number of nitrogens with one attached hydrogen (secondary N) is 2. The van der Waals surface area contributed by atoms with Crippen LogP contribution in [-0.4, -0.2) is 36.0 Å². The van der Waals surface area contributed by atoms with Crippen LogP contribution in [0.1, 0.15) is 39.3 Å². The molecule has 0 saturated heterocycles. The van der Waals surface area contributed by atoms with E-state index in [2.05, 4.69) is 15.4 Å². The molecule has 0 radical (unpaired) electrons. The molecule has 0 amide bonds. The van der Waals surface area contributed by atoms with Crippen molar-refractivity contribution >= 4 is 29.1 Å². The van der Waals surface area contributed by atoms with Crippen LogP contribution >= 0.6 is 0 Å². The van der Waals surface area contributed by atoms with Crippen LogP contribution in [0.15, 0.2) is 84.2 Å². The van der Waals surface area contributed by atoms with Gasteiger partial charge < -0.3 is 25.2 Å². The fourth-order valence-electron chi connectivity index (χ4n) is 3.67. The summed E-state index contributed by atoms with van der Waals surface area (Å²) in [6, 6.07) is 18.2. The van der Waals surface area contributed by atoms with E-state index in [9.17, 15) is 23.9 Å². The van der Waals surface area contributed by atoms with Gasteiger partial charge in [-0.1, -0.05) is 42.5 Å². The molecule has 1 heterocycles. The summed E-state index contributed by atoms with van der Waals surface area (Å²) >= 11 is 0. The Labute approximate surface area is 206 Å². The molecule has 0 aromatic heterocycles. The first-order valence-electron chi connectivity index (χ1n) is 11.2. The number of hydrogen-bond acceptors (Lipinski definition) is 8. The Hall–Kier alpha value is -4.50. The van der Waals surface area contributed by atoms with Crippen molar-refractivity contribution in [3.05, 3.63) is 107 Å². The zero-order chi connectivity index (χ0) is 25.7. The maximum Gasteiger partial charge on any atom is 0.508 e. The number of halogens is 1. The first-order valence-corrected chi connectivity index (χ1v) is 11.2. The molecule has 36 heavy (non-hydrogen) atoms. The average molecular weight is 490 g/mol. The van der Waals surface area contributed by atoms with Gasteiger partial charge in [0.25, 0.3) is 0 Å². The molecule has 1 aliphatic rings. The van der Waals surface area contributed by atoms with Crippen molar-refractivity contribution in [1.29, 1.82) is 0 Å². The smallest absolute Gasteiger partial charge is 0.435 e. The van der Waals surface area contributed by atoms with E-state index in [4.69, 9.17) is 4.74 Å². The Kier molecular flexibility index (Phi) is 7.41. The number of carbonyl (C=O) groups excluding carboxylic acids is 3. The fraction of sp³-hybridized carbons (Fsp3) is 0.148. The summed E-state index contributed by atoms with van der Waals surface area (Å²) in [6.45, 7) is 1.36. The van der Waals surface area contributed by atoms with Crippen LogP contribution in [0.25, 0.3) is 0 Å². The molecule has 8 nitrogen and oxygen atoms in total. The van der Waals surface area contributed by atoms with Crippen LogP contribution < -0.4 is 10.6 Å². The highest BCUT2D eigenvalue weighted by atomic mass is 19.1. The standard InChI is InChI=1S/C27H23FN2O6/c1-2-35-27(34)36-15-22(31)16-7-5-8-17(13-16)24(32)23(25(33)18-9-6-10-19(28)14-18)26-29-20-11-3-4-12-21(20)30-26/h3-14,22,29-31H,2,15H2,1H3. The molecule has 184 valence electrons. The molecule has 1 aliphatic heterocycles. The third kappa shape index (κ3) is 5.42. The molecule has 0 saturated carbocycles. The van der Waals surface area contributed by atoms with Gasteiger partial charge in [0.05, 0.1) is 18.0 Å². The van der Waals surface area contributed by atoms with Crippen LogP contribution in [0.3, 0.4) is 0 Å². The molecule has 0 fully saturated rings. The quantitative estimate of drug-likeness (QED) is 0.135. The Morgan fingerprint density at radius 1 is 0.861 bits per heavy atom. The normalized spacial score (nSPS) is 12.6. The lowest BCUT2D eigenvalue weighted by Crippen LogP contribution is -2.21. The zero-order valence-electron chi connectivity index (χ0n) is 19.3. The predicted molar refractivity (Wildman–Crippen MR) is 130 cm³/mol. The Balaban J connectivity index is 1.68. The van der Waals surface area contributed by atoms with Gasteiger partial charge in [-0.3, -0.25) is 9.59 Å². The number of ketones is 2. The predicted octanol–water partition coefficient (Wildman–Crippen LogP) is 4.85. The van der Waals surface area contributed by atoms with Crippen LogP contribution in [-0.2, 0) is 9.47 Å². The van der Waals surface area contributed by atoms with Crippen LogP contribution in [0.5, 0.6) is 0 Å². The van der Waals surface area contributed by atoms with E-state index in [1.165, 1.54) is 36.4 Å². The Morgan fingerprint density at radius 3 is 2.08 bits per heavy atom. The zero-order valence-corrected chi connectivity index (χ0v) is 19.3. The van der Waals surface area contributed by atoms with Crippen molar-refractivity contribution < 1.29 is 33.4 Å². The minimum Gasteiger partial charge on any atom is -0.435 e. The molecule has 0 aliphatic carbocycles. The number of anilines is 2. The number of fused-ring (bicyclic) bond motifs is 1. The van der Waals surface area contributed by atoms with Gasteiger partial charge >= 0.3 is 6.16 Å². The van der Waals surface area contributed by atoms with E-state index in [1.54, 1.807) is 37.3 Å². The van der Waals surface area contributed by atoms with E-state index in [0.29, 0.717) is 16.9 Å². The van der Waals surface area contributed by atoms with E-state index < -0.39 is 29.6 Å². The summed E-state index contributed by atoms with van der Waals surface area (Å²) < 4.78 is 23.4. The maximum absolute atomic E-state index is 13.9. The number of aliphatic hydroxyl groups is 1. The fourth-order valence-corrected chi connectivity index (χ4v) is 3.67. The van der Waals surface area contributed by atoms with Gasteiger partial charge in [0, 0.05) is 11.1 Å². The molecule has 1 atom stereocenters. The van der Waals surface area contributed by atoms with Crippen LogP contribution in [0.2, 0.25) is 0 Å². The molecule has 0 bridgehead atoms. The van der Waals surface area contributed by atoms with Crippen LogP contribution in [0, 0.1) is 5.82 Å². The number of rotatable bonds is 8. The largest absolute Gasteiger partial charge is 0.508 e. The number of carbonyl (C=O) groups is 3. The SMILES string of the molecule is CCOC(=O)OCC(O)c1cccc(C(=O)C(C(=O)c2cccc(F)c2)=C2Nc3ccccc3N2)c1. The first kappa shape index (κ1) is 24.6. The number of ether oxygens (including phenoxy) is 2. The summed E-state index contributed by atoms with van der Waals surface area (Å²) in [5, 5.41) is 16.5. The van der Waals surface area contributed by atoms with Gasteiger partial charge in [-0.25, -0.2) is 9.18 Å². The number of hydrogen-bond donors (Lipinski definition) is 3. The maximum atomic E-state index is 13.9. The first-order chi connectivity index (χ1) is 17.4. The third-order valence-corrected chi connectivity index (χ3v) is 5.39. The van der Waals surface area contributed by atoms with Crippen molar-refractivity contribution in [2.45, 2.75) is 13.0 Å². The van der Waals surface area contributed by atoms with Crippen molar-refractivity contribution in [1.82, 2.24) is 0 Å². The van der Waals surface area contributed by atoms with Crippen LogP contribution in [0.4, 0.5) is 20.6 Å². The monoisotopic (exact) mass is 490 g/mol. The Bertz CT molecular complexity index is 1330. The lowest BCUT2D eigenvalue weighted by Gasteiger charge is -2.14.